The Balaban J connectivity index is 1.98. The van der Waals surface area contributed by atoms with E-state index in [1.807, 2.05) is 0 Å². The molecule has 2 unspecified atom stereocenters. The number of hydrogen-bond acceptors (Lipinski definition) is 3. The van der Waals surface area contributed by atoms with E-state index in [4.69, 9.17) is 10.6 Å². The van der Waals surface area contributed by atoms with E-state index in [1.165, 1.54) is 6.07 Å². The Morgan fingerprint density at radius 1 is 1.44 bits per heavy atom. The van der Waals surface area contributed by atoms with Crippen LogP contribution in [0.2, 0.25) is 0 Å². The van der Waals surface area contributed by atoms with Gasteiger partial charge in [0.15, 0.2) is 0 Å². The number of nitrogens with one attached hydrogen (secondary N) is 1. The second kappa shape index (κ2) is 6.22. The number of hydrogen-bond donors (Lipinski definition) is 2. The van der Waals surface area contributed by atoms with E-state index >= 15 is 0 Å². The molecule has 1 heterocycles. The van der Waals surface area contributed by atoms with Crippen molar-refractivity contribution < 1.29 is 13.5 Å². The summed E-state index contributed by atoms with van der Waals surface area (Å²) in [7, 11) is 0. The normalized spacial score (nSPS) is 21.2. The summed E-state index contributed by atoms with van der Waals surface area (Å²) in [6, 6.07) is 3.43. The van der Waals surface area contributed by atoms with E-state index < -0.39 is 5.82 Å². The van der Waals surface area contributed by atoms with Crippen molar-refractivity contribution in [1.82, 2.24) is 5.43 Å². The number of hydrazine groups is 1. The highest BCUT2D eigenvalue weighted by molar-refractivity contribution is 5.19. The van der Waals surface area contributed by atoms with Crippen molar-refractivity contribution in [2.45, 2.75) is 25.3 Å². The molecule has 1 fully saturated rings. The maximum atomic E-state index is 13.5. The van der Waals surface area contributed by atoms with Crippen molar-refractivity contribution in [3.05, 3.63) is 35.4 Å². The van der Waals surface area contributed by atoms with E-state index in [1.54, 1.807) is 0 Å². The van der Waals surface area contributed by atoms with Gasteiger partial charge < -0.3 is 4.74 Å². The van der Waals surface area contributed by atoms with E-state index in [9.17, 15) is 8.78 Å². The van der Waals surface area contributed by atoms with Crippen LogP contribution in [-0.4, -0.2) is 19.3 Å². The molecule has 18 heavy (non-hydrogen) atoms. The second-order valence-electron chi connectivity index (χ2n) is 4.77. The maximum absolute atomic E-state index is 13.5. The topological polar surface area (TPSA) is 47.3 Å². The molecular weight excluding hydrogens is 238 g/mol. The van der Waals surface area contributed by atoms with Gasteiger partial charge in [-0.2, -0.15) is 0 Å². The highest BCUT2D eigenvalue weighted by Gasteiger charge is 2.21. The summed E-state index contributed by atoms with van der Waals surface area (Å²) in [6.45, 7) is 1.50. The number of halogens is 2. The van der Waals surface area contributed by atoms with Gasteiger partial charge >= 0.3 is 0 Å². The molecule has 1 aromatic carbocycles. The van der Waals surface area contributed by atoms with Crippen LogP contribution in [0.4, 0.5) is 8.78 Å². The molecule has 1 aliphatic rings. The summed E-state index contributed by atoms with van der Waals surface area (Å²) >= 11 is 0. The predicted molar refractivity (Wildman–Crippen MR) is 64.7 cm³/mol. The Morgan fingerprint density at radius 2 is 2.28 bits per heavy atom. The van der Waals surface area contributed by atoms with Crippen molar-refractivity contribution in [2.24, 2.45) is 11.8 Å². The minimum absolute atomic E-state index is 0.0620. The molecule has 0 saturated carbocycles. The first-order valence-electron chi connectivity index (χ1n) is 6.17. The molecule has 0 spiro atoms. The third-order valence-electron chi connectivity index (χ3n) is 3.35. The Labute approximate surface area is 105 Å². The average molecular weight is 256 g/mol. The zero-order chi connectivity index (χ0) is 13.0. The van der Waals surface area contributed by atoms with Gasteiger partial charge in [-0.15, -0.1) is 0 Å². The van der Waals surface area contributed by atoms with Crippen LogP contribution in [0, 0.1) is 17.6 Å². The highest BCUT2D eigenvalue weighted by atomic mass is 19.1. The fraction of sp³-hybridized carbons (Fsp3) is 0.538. The summed E-state index contributed by atoms with van der Waals surface area (Å²) in [5, 5.41) is 0. The van der Waals surface area contributed by atoms with Crippen LogP contribution in [0.25, 0.3) is 0 Å². The minimum Gasteiger partial charge on any atom is -0.381 e. The summed E-state index contributed by atoms with van der Waals surface area (Å²) in [5.41, 5.74) is 3.04. The lowest BCUT2D eigenvalue weighted by Gasteiger charge is -2.19. The molecule has 0 aliphatic carbocycles. The molecule has 2 rings (SSSR count). The number of benzene rings is 1. The standard InChI is InChI=1S/C13H18F2N2O/c14-11-1-2-13(15)10(6-11)7-12(17-16)5-9-3-4-18-8-9/h1-2,6,9,12,17H,3-5,7-8,16H2. The second-order valence-corrected chi connectivity index (χ2v) is 4.77. The van der Waals surface area contributed by atoms with Gasteiger partial charge in [0, 0.05) is 19.3 Å². The lowest BCUT2D eigenvalue weighted by atomic mass is 9.95. The first-order chi connectivity index (χ1) is 8.69. The Morgan fingerprint density at radius 3 is 2.94 bits per heavy atom. The van der Waals surface area contributed by atoms with Gasteiger partial charge in [-0.05, 0) is 48.9 Å². The lowest BCUT2D eigenvalue weighted by Crippen LogP contribution is -2.38. The zero-order valence-corrected chi connectivity index (χ0v) is 10.2. The van der Waals surface area contributed by atoms with Crippen molar-refractivity contribution >= 4 is 0 Å². The first kappa shape index (κ1) is 13.4. The monoisotopic (exact) mass is 256 g/mol. The molecule has 2 atom stereocenters. The summed E-state index contributed by atoms with van der Waals surface area (Å²) in [5.74, 6) is 5.11. The van der Waals surface area contributed by atoms with Gasteiger partial charge in [0.05, 0.1) is 0 Å². The molecule has 1 aromatic rings. The Bertz CT molecular complexity index is 395. The summed E-state index contributed by atoms with van der Waals surface area (Å²) in [6.07, 6.45) is 2.20. The summed E-state index contributed by atoms with van der Waals surface area (Å²) < 4.78 is 31.9. The molecule has 3 N–H and O–H groups in total. The van der Waals surface area contributed by atoms with Gasteiger partial charge in [0.1, 0.15) is 11.6 Å². The number of nitrogens with two attached hydrogens (primary N) is 1. The number of ether oxygens (including phenoxy) is 1. The Hall–Kier alpha value is -1.04. The van der Waals surface area contributed by atoms with Gasteiger partial charge in [0.2, 0.25) is 0 Å². The quantitative estimate of drug-likeness (QED) is 0.623. The fourth-order valence-electron chi connectivity index (χ4n) is 2.35. The van der Waals surface area contributed by atoms with Crippen molar-refractivity contribution in [2.75, 3.05) is 13.2 Å². The van der Waals surface area contributed by atoms with Crippen molar-refractivity contribution in [3.63, 3.8) is 0 Å². The predicted octanol–water partition coefficient (Wildman–Crippen LogP) is 1.77. The van der Waals surface area contributed by atoms with Crippen LogP contribution < -0.4 is 11.3 Å². The van der Waals surface area contributed by atoms with E-state index in [-0.39, 0.29) is 11.9 Å². The van der Waals surface area contributed by atoms with Crippen molar-refractivity contribution in [3.8, 4) is 0 Å². The summed E-state index contributed by atoms with van der Waals surface area (Å²) in [4.78, 5) is 0. The third kappa shape index (κ3) is 3.48. The molecule has 1 saturated heterocycles. The van der Waals surface area contributed by atoms with Crippen LogP contribution in [0.5, 0.6) is 0 Å². The molecule has 1 aliphatic heterocycles. The number of rotatable bonds is 5. The van der Waals surface area contributed by atoms with Gasteiger partial charge in [-0.3, -0.25) is 11.3 Å². The molecule has 100 valence electrons. The van der Waals surface area contributed by atoms with Gasteiger partial charge in [0.25, 0.3) is 0 Å². The largest absolute Gasteiger partial charge is 0.381 e. The average Bonchev–Trinajstić information content (AvgIpc) is 2.85. The molecule has 0 amide bonds. The minimum atomic E-state index is -0.425. The lowest BCUT2D eigenvalue weighted by molar-refractivity contribution is 0.181. The maximum Gasteiger partial charge on any atom is 0.126 e. The van der Waals surface area contributed by atoms with E-state index in [0.717, 1.165) is 38.2 Å². The van der Waals surface area contributed by atoms with Crippen LogP contribution in [0.3, 0.4) is 0 Å². The smallest absolute Gasteiger partial charge is 0.126 e. The molecule has 0 aromatic heterocycles. The first-order valence-corrected chi connectivity index (χ1v) is 6.17. The molecular formula is C13H18F2N2O. The van der Waals surface area contributed by atoms with Gasteiger partial charge in [-0.25, -0.2) is 8.78 Å². The fourth-order valence-corrected chi connectivity index (χ4v) is 2.35. The molecule has 3 nitrogen and oxygen atoms in total. The van der Waals surface area contributed by atoms with Crippen LogP contribution >= 0.6 is 0 Å². The Kier molecular flexibility index (Phi) is 4.63. The van der Waals surface area contributed by atoms with Crippen molar-refractivity contribution in [1.29, 1.82) is 0 Å². The van der Waals surface area contributed by atoms with E-state index in [2.05, 4.69) is 5.43 Å². The highest BCUT2D eigenvalue weighted by Crippen LogP contribution is 2.20. The van der Waals surface area contributed by atoms with E-state index in [0.29, 0.717) is 17.9 Å². The molecule has 5 heteroatoms. The van der Waals surface area contributed by atoms with Gasteiger partial charge in [-0.1, -0.05) is 0 Å². The SMILES string of the molecule is NNC(Cc1cc(F)ccc1F)CC1CCOC1. The third-order valence-corrected chi connectivity index (χ3v) is 3.35. The molecule has 0 bridgehead atoms. The zero-order valence-electron chi connectivity index (χ0n) is 10.2. The van der Waals surface area contributed by atoms with Crippen LogP contribution in [0.1, 0.15) is 18.4 Å². The molecule has 0 radical (unpaired) electrons. The van der Waals surface area contributed by atoms with Crippen LogP contribution in [-0.2, 0) is 11.2 Å². The van der Waals surface area contributed by atoms with Crippen LogP contribution in [0.15, 0.2) is 18.2 Å².